The Balaban J connectivity index is 1.29. The number of rotatable bonds is 10. The summed E-state index contributed by atoms with van der Waals surface area (Å²) in [4.78, 5) is 4.86. The highest BCUT2D eigenvalue weighted by Gasteiger charge is 2.33. The van der Waals surface area contributed by atoms with Crippen molar-refractivity contribution in [3.8, 4) is 23.0 Å². The molecule has 51 heavy (non-hydrogen) atoms. The van der Waals surface area contributed by atoms with Crippen LogP contribution in [0.5, 0.6) is 11.5 Å². The van der Waals surface area contributed by atoms with Gasteiger partial charge in [0.25, 0.3) is 0 Å². The van der Waals surface area contributed by atoms with E-state index in [1.165, 1.54) is 58.0 Å². The third-order valence-corrected chi connectivity index (χ3v) is 11.3. The number of ether oxygens (including phenoxy) is 1. The van der Waals surface area contributed by atoms with Crippen LogP contribution in [0.4, 0.5) is 0 Å². The second-order valence-corrected chi connectivity index (χ2v) is 15.7. The van der Waals surface area contributed by atoms with E-state index in [1.54, 1.807) is 0 Å². The minimum atomic E-state index is 0.330. The van der Waals surface area contributed by atoms with Crippen molar-refractivity contribution in [1.29, 1.82) is 0 Å². The number of benzene rings is 3. The molecule has 0 amide bonds. The van der Waals surface area contributed by atoms with Crippen molar-refractivity contribution in [2.75, 3.05) is 0 Å². The van der Waals surface area contributed by atoms with Crippen LogP contribution in [0.1, 0.15) is 108 Å². The highest BCUT2D eigenvalue weighted by atomic mass is 16.5. The summed E-state index contributed by atoms with van der Waals surface area (Å²) in [6.45, 7) is 20.6. The monoisotopic (exact) mass is 678 g/mol. The molecule has 3 aromatic heterocycles. The first kappa shape index (κ1) is 34.8. The third-order valence-electron chi connectivity index (χ3n) is 11.3. The number of pyridine rings is 1. The minimum absolute atomic E-state index is 0.330. The topological polar surface area (TPSA) is 44.9 Å². The molecule has 0 fully saturated rings. The molecule has 0 bridgehead atoms. The Hall–Kier alpha value is -4.64. The maximum Gasteiger partial charge on any atom is 0.137 e. The van der Waals surface area contributed by atoms with Gasteiger partial charge in [-0.05, 0) is 117 Å². The van der Waals surface area contributed by atoms with Gasteiger partial charge in [-0.25, -0.2) is 9.67 Å². The zero-order valence-corrected chi connectivity index (χ0v) is 32.0. The molecule has 6 aromatic rings. The summed E-state index contributed by atoms with van der Waals surface area (Å²) in [5, 5.41) is 7.58. The van der Waals surface area contributed by atoms with Gasteiger partial charge >= 0.3 is 0 Å². The number of nitrogens with zero attached hydrogens (tertiary/aromatic N) is 4. The Morgan fingerprint density at radius 3 is 2.39 bits per heavy atom. The number of para-hydroxylation sites is 1. The standard InChI is InChI=1S/C46H54N4O/c1-10-11-14-34-19-20-47-44(23-34)49-42-16-13-12-15-40(42)41-18-17-38(27-43(41)49)51-39-25-36(29(4)5)24-37(26-39)50-33(9)46(32(8)48-50)45-30(6)21-35(28(2)3)22-31(45)7/h12-13,15-21,23-29,31,35,45H,10-11,14,22H2,1-9H3/t31?,35-,45-/m0/s1. The Kier molecular flexibility index (Phi) is 9.67. The van der Waals surface area contributed by atoms with Crippen LogP contribution in [-0.4, -0.2) is 19.3 Å². The van der Waals surface area contributed by atoms with E-state index in [4.69, 9.17) is 14.8 Å². The van der Waals surface area contributed by atoms with Crippen molar-refractivity contribution in [2.24, 2.45) is 17.8 Å². The van der Waals surface area contributed by atoms with Gasteiger partial charge in [0.1, 0.15) is 17.3 Å². The number of hydrogen-bond acceptors (Lipinski definition) is 3. The van der Waals surface area contributed by atoms with Crippen LogP contribution in [0, 0.1) is 31.6 Å². The highest BCUT2D eigenvalue weighted by molar-refractivity contribution is 6.09. The molecule has 0 aliphatic heterocycles. The lowest BCUT2D eigenvalue weighted by Gasteiger charge is -2.35. The molecular weight excluding hydrogens is 625 g/mol. The van der Waals surface area contributed by atoms with Crippen LogP contribution in [0.2, 0.25) is 0 Å². The second kappa shape index (κ2) is 14.2. The quantitative estimate of drug-likeness (QED) is 0.135. The van der Waals surface area contributed by atoms with E-state index in [9.17, 15) is 0 Å². The van der Waals surface area contributed by atoms with E-state index >= 15 is 0 Å². The number of hydrogen-bond donors (Lipinski definition) is 0. The van der Waals surface area contributed by atoms with Gasteiger partial charge in [-0.1, -0.05) is 77.8 Å². The summed E-state index contributed by atoms with van der Waals surface area (Å²) in [5.41, 5.74) is 11.0. The molecule has 0 spiro atoms. The number of fused-ring (bicyclic) bond motifs is 3. The summed E-state index contributed by atoms with van der Waals surface area (Å²) in [6.07, 6.45) is 9.08. The first-order chi connectivity index (χ1) is 24.5. The van der Waals surface area contributed by atoms with Crippen molar-refractivity contribution in [3.05, 3.63) is 119 Å². The van der Waals surface area contributed by atoms with Gasteiger partial charge in [0.2, 0.25) is 0 Å². The molecule has 0 saturated carbocycles. The fourth-order valence-corrected chi connectivity index (χ4v) is 8.49. The van der Waals surface area contributed by atoms with Gasteiger partial charge < -0.3 is 4.74 Å². The SMILES string of the molecule is CCCCc1ccnc(-n2c3ccccc3c3ccc(Oc4cc(C(C)C)cc(-n5nc(C)c([C@H]6C(C)=C[C@H](C(C)C)CC6C)c5C)c4)cc32)c1. The van der Waals surface area contributed by atoms with Gasteiger partial charge in [-0.2, -0.15) is 5.10 Å². The molecule has 1 aliphatic carbocycles. The molecule has 0 radical (unpaired) electrons. The lowest BCUT2D eigenvalue weighted by atomic mass is 9.69. The lowest BCUT2D eigenvalue weighted by Crippen LogP contribution is -2.24. The number of aromatic nitrogens is 4. The van der Waals surface area contributed by atoms with E-state index in [-0.39, 0.29) is 0 Å². The zero-order valence-electron chi connectivity index (χ0n) is 32.0. The molecule has 1 aliphatic rings. The van der Waals surface area contributed by atoms with Gasteiger partial charge in [0, 0.05) is 46.3 Å². The smallest absolute Gasteiger partial charge is 0.137 e. The van der Waals surface area contributed by atoms with Gasteiger partial charge in [0.05, 0.1) is 22.4 Å². The molecule has 3 atom stereocenters. The Morgan fingerprint density at radius 1 is 0.863 bits per heavy atom. The van der Waals surface area contributed by atoms with E-state index in [2.05, 4.69) is 150 Å². The number of allylic oxidation sites excluding steroid dienone is 2. The number of aryl methyl sites for hydroxylation is 2. The first-order valence-electron chi connectivity index (χ1n) is 19.1. The average Bonchev–Trinajstić information content (AvgIpc) is 3.59. The van der Waals surface area contributed by atoms with Gasteiger partial charge in [-0.15, -0.1) is 0 Å². The predicted octanol–water partition coefficient (Wildman–Crippen LogP) is 12.6. The van der Waals surface area contributed by atoms with Gasteiger partial charge in [0.15, 0.2) is 0 Å². The van der Waals surface area contributed by atoms with Crippen LogP contribution in [0.25, 0.3) is 33.3 Å². The first-order valence-corrected chi connectivity index (χ1v) is 19.1. The summed E-state index contributed by atoms with van der Waals surface area (Å²) >= 11 is 0. The van der Waals surface area contributed by atoms with Crippen LogP contribution in [0.3, 0.4) is 0 Å². The summed E-state index contributed by atoms with van der Waals surface area (Å²) in [7, 11) is 0. The lowest BCUT2D eigenvalue weighted by molar-refractivity contribution is 0.317. The van der Waals surface area contributed by atoms with Crippen LogP contribution in [0.15, 0.2) is 90.6 Å². The molecule has 1 unspecified atom stereocenters. The van der Waals surface area contributed by atoms with Crippen LogP contribution < -0.4 is 4.74 Å². The maximum absolute atomic E-state index is 6.78. The molecule has 0 N–H and O–H groups in total. The van der Waals surface area contributed by atoms with Crippen LogP contribution >= 0.6 is 0 Å². The largest absolute Gasteiger partial charge is 0.457 e. The van der Waals surface area contributed by atoms with E-state index < -0.39 is 0 Å². The Labute approximate surface area is 304 Å². The molecule has 0 saturated heterocycles. The maximum atomic E-state index is 6.78. The Morgan fingerprint density at radius 2 is 1.65 bits per heavy atom. The van der Waals surface area contributed by atoms with Crippen molar-refractivity contribution in [2.45, 2.75) is 99.8 Å². The molecule has 5 heteroatoms. The second-order valence-electron chi connectivity index (χ2n) is 15.7. The van der Waals surface area contributed by atoms with E-state index in [0.717, 1.165) is 46.2 Å². The van der Waals surface area contributed by atoms with Crippen molar-refractivity contribution < 1.29 is 4.74 Å². The Bertz CT molecular complexity index is 2230. The highest BCUT2D eigenvalue weighted by Crippen LogP contribution is 2.45. The third kappa shape index (κ3) is 6.64. The summed E-state index contributed by atoms with van der Waals surface area (Å²) < 4.78 is 11.2. The molecule has 3 aromatic carbocycles. The normalized spacial score (nSPS) is 17.9. The average molecular weight is 679 g/mol. The minimum Gasteiger partial charge on any atom is -0.457 e. The predicted molar refractivity (Wildman–Crippen MR) is 213 cm³/mol. The number of unbranched alkanes of at least 4 members (excludes halogenated alkanes) is 1. The fourth-order valence-electron chi connectivity index (χ4n) is 8.49. The van der Waals surface area contributed by atoms with Crippen molar-refractivity contribution in [1.82, 2.24) is 19.3 Å². The summed E-state index contributed by atoms with van der Waals surface area (Å²) in [6, 6.07) is 26.0. The van der Waals surface area contributed by atoms with E-state index in [1.807, 2.05) is 6.20 Å². The molecule has 264 valence electrons. The van der Waals surface area contributed by atoms with Crippen molar-refractivity contribution >= 4 is 21.8 Å². The van der Waals surface area contributed by atoms with Crippen LogP contribution in [-0.2, 0) is 6.42 Å². The van der Waals surface area contributed by atoms with Gasteiger partial charge in [-0.3, -0.25) is 4.57 Å². The van der Waals surface area contributed by atoms with E-state index in [0.29, 0.717) is 29.6 Å². The fraction of sp³-hybridized carbons (Fsp3) is 0.391. The molecule has 5 nitrogen and oxygen atoms in total. The molecular formula is C46H54N4O. The molecule has 7 rings (SSSR count). The zero-order chi connectivity index (χ0) is 36.0. The summed E-state index contributed by atoms with van der Waals surface area (Å²) in [5.74, 6) is 5.13. The molecule has 3 heterocycles. The van der Waals surface area contributed by atoms with Crippen molar-refractivity contribution in [3.63, 3.8) is 0 Å².